The van der Waals surface area contributed by atoms with Crippen LogP contribution in [0.4, 0.5) is 0 Å². The molecule has 0 spiro atoms. The topological polar surface area (TPSA) is 189 Å². The van der Waals surface area contributed by atoms with E-state index in [4.69, 9.17) is 9.47 Å². The molecule has 0 aliphatic carbocycles. The van der Waals surface area contributed by atoms with Crippen molar-refractivity contribution in [2.24, 2.45) is 0 Å². The third-order valence-electron chi connectivity index (χ3n) is 15.2. The van der Waals surface area contributed by atoms with Crippen LogP contribution in [0, 0.1) is 0 Å². The predicted molar refractivity (Wildman–Crippen MR) is 307 cm³/mol. The molecule has 1 heterocycles. The van der Waals surface area contributed by atoms with Gasteiger partial charge in [-0.2, -0.15) is 0 Å². The summed E-state index contributed by atoms with van der Waals surface area (Å²) in [5.41, 5.74) is 0. The molecule has 1 aliphatic rings. The van der Waals surface area contributed by atoms with Gasteiger partial charge in [-0.05, 0) is 70.6 Å². The minimum atomic E-state index is -1.67. The van der Waals surface area contributed by atoms with Crippen molar-refractivity contribution in [2.45, 2.75) is 345 Å². The fourth-order valence-electron chi connectivity index (χ4n) is 10.1. The third kappa shape index (κ3) is 39.7. The lowest BCUT2D eigenvalue weighted by Crippen LogP contribution is -2.60. The van der Waals surface area contributed by atoms with Gasteiger partial charge in [-0.3, -0.25) is 4.79 Å². The minimum Gasteiger partial charge on any atom is -0.394 e. The number of aliphatic hydroxyl groups excluding tert-OH is 7. The quantitative estimate of drug-likeness (QED) is 0.0215. The zero-order chi connectivity index (χ0) is 54.0. The SMILES string of the molecule is CC/C=C/CC/C=C/CCCC(O)C(O)C(COC1OC(CO)C(O)C(O)C1O)NC(=O)C(O)CCCCCCCCCCCCCCCCCC/C=C\CCCCCCCCCCCCCCCCCCCC. The Hall–Kier alpha value is -1.67. The van der Waals surface area contributed by atoms with Crippen LogP contribution in [-0.4, -0.2) is 110 Å². The number of amides is 1. The molecule has 1 saturated heterocycles. The van der Waals surface area contributed by atoms with Crippen LogP contribution >= 0.6 is 0 Å². The first-order valence-electron chi connectivity index (χ1n) is 31.4. The molecule has 0 aromatic carbocycles. The molecule has 0 radical (unpaired) electrons. The van der Waals surface area contributed by atoms with Crippen molar-refractivity contribution < 1.29 is 50.0 Å². The summed E-state index contributed by atoms with van der Waals surface area (Å²) in [6.07, 6.45) is 54.3. The van der Waals surface area contributed by atoms with Gasteiger partial charge in [0.2, 0.25) is 5.91 Å². The lowest BCUT2D eigenvalue weighted by molar-refractivity contribution is -0.303. The Morgan fingerprint density at radius 2 is 0.851 bits per heavy atom. The molecule has 9 atom stereocenters. The van der Waals surface area contributed by atoms with Gasteiger partial charge >= 0.3 is 0 Å². The Kier molecular flexibility index (Phi) is 49.5. The molecule has 0 aromatic heterocycles. The van der Waals surface area contributed by atoms with Crippen molar-refractivity contribution in [2.75, 3.05) is 13.2 Å². The lowest BCUT2D eigenvalue weighted by atomic mass is 9.98. The van der Waals surface area contributed by atoms with Crippen LogP contribution in [0.25, 0.3) is 0 Å². The second kappa shape index (κ2) is 52.1. The van der Waals surface area contributed by atoms with Crippen molar-refractivity contribution in [3.8, 4) is 0 Å². The number of allylic oxidation sites excluding steroid dienone is 6. The molecule has 0 aromatic rings. The number of carbonyl (C=O) groups is 1. The fraction of sp³-hybridized carbons (Fsp3) is 0.889. The van der Waals surface area contributed by atoms with E-state index in [-0.39, 0.29) is 12.8 Å². The molecule has 1 aliphatic heterocycles. The summed E-state index contributed by atoms with van der Waals surface area (Å²) < 4.78 is 11.1. The molecule has 11 nitrogen and oxygen atoms in total. The van der Waals surface area contributed by atoms with E-state index >= 15 is 0 Å². The molecule has 1 fully saturated rings. The van der Waals surface area contributed by atoms with Gasteiger partial charge in [0.05, 0.1) is 25.4 Å². The largest absolute Gasteiger partial charge is 0.394 e. The van der Waals surface area contributed by atoms with Crippen LogP contribution in [0.15, 0.2) is 36.5 Å². The van der Waals surface area contributed by atoms with Crippen molar-refractivity contribution in [3.63, 3.8) is 0 Å². The van der Waals surface area contributed by atoms with Gasteiger partial charge < -0.3 is 50.5 Å². The van der Waals surface area contributed by atoms with Gasteiger partial charge in [-0.25, -0.2) is 0 Å². The van der Waals surface area contributed by atoms with E-state index < -0.39 is 74.2 Å². The van der Waals surface area contributed by atoms with Crippen molar-refractivity contribution in [3.05, 3.63) is 36.5 Å². The lowest BCUT2D eigenvalue weighted by Gasteiger charge is -2.40. The first kappa shape index (κ1) is 70.3. The van der Waals surface area contributed by atoms with Gasteiger partial charge in [0.1, 0.15) is 36.6 Å². The zero-order valence-corrected chi connectivity index (χ0v) is 47.8. The number of hydrogen-bond donors (Lipinski definition) is 8. The molecular formula is C63H119NO10. The summed E-state index contributed by atoms with van der Waals surface area (Å²) in [6.45, 7) is 3.31. The Balaban J connectivity index is 2.07. The van der Waals surface area contributed by atoms with Crippen molar-refractivity contribution >= 4 is 5.91 Å². The number of unbranched alkanes of at least 4 members (excludes halogenated alkanes) is 36. The van der Waals surface area contributed by atoms with Crippen LogP contribution in [0.5, 0.6) is 0 Å². The van der Waals surface area contributed by atoms with Gasteiger partial charge in [0, 0.05) is 0 Å². The summed E-state index contributed by atoms with van der Waals surface area (Å²) >= 11 is 0. The van der Waals surface area contributed by atoms with Crippen LogP contribution in [0.3, 0.4) is 0 Å². The van der Waals surface area contributed by atoms with Crippen molar-refractivity contribution in [1.29, 1.82) is 0 Å². The van der Waals surface area contributed by atoms with Crippen LogP contribution in [-0.2, 0) is 14.3 Å². The van der Waals surface area contributed by atoms with E-state index in [2.05, 4.69) is 49.5 Å². The Morgan fingerprint density at radius 3 is 1.27 bits per heavy atom. The summed E-state index contributed by atoms with van der Waals surface area (Å²) in [5, 5.41) is 75.7. The summed E-state index contributed by atoms with van der Waals surface area (Å²) in [5.74, 6) is -0.710. The molecule has 1 rings (SSSR count). The molecule has 8 N–H and O–H groups in total. The third-order valence-corrected chi connectivity index (χ3v) is 15.2. The predicted octanol–water partition coefficient (Wildman–Crippen LogP) is 13.9. The normalized spacial score (nSPS) is 20.0. The average molecular weight is 1050 g/mol. The number of nitrogens with one attached hydrogen (secondary N) is 1. The maximum atomic E-state index is 13.1. The second-order valence-corrected chi connectivity index (χ2v) is 22.1. The molecule has 11 heteroatoms. The zero-order valence-electron chi connectivity index (χ0n) is 47.8. The highest BCUT2D eigenvalue weighted by molar-refractivity contribution is 5.80. The first-order chi connectivity index (χ1) is 36.2. The number of hydrogen-bond acceptors (Lipinski definition) is 10. The molecule has 74 heavy (non-hydrogen) atoms. The van der Waals surface area contributed by atoms with E-state index in [1.807, 2.05) is 6.08 Å². The molecular weight excluding hydrogens is 931 g/mol. The van der Waals surface area contributed by atoms with Gasteiger partial charge in [-0.1, -0.05) is 256 Å². The highest BCUT2D eigenvalue weighted by Gasteiger charge is 2.44. The monoisotopic (exact) mass is 1050 g/mol. The second-order valence-electron chi connectivity index (χ2n) is 22.1. The molecule has 0 bridgehead atoms. The maximum absolute atomic E-state index is 13.1. The molecule has 9 unspecified atom stereocenters. The highest BCUT2D eigenvalue weighted by Crippen LogP contribution is 2.23. The van der Waals surface area contributed by atoms with Crippen LogP contribution in [0.2, 0.25) is 0 Å². The van der Waals surface area contributed by atoms with Gasteiger partial charge in [0.25, 0.3) is 0 Å². The van der Waals surface area contributed by atoms with Crippen LogP contribution in [0.1, 0.15) is 290 Å². The highest BCUT2D eigenvalue weighted by atomic mass is 16.7. The first-order valence-corrected chi connectivity index (χ1v) is 31.4. The van der Waals surface area contributed by atoms with E-state index in [0.717, 1.165) is 38.5 Å². The fourth-order valence-corrected chi connectivity index (χ4v) is 10.1. The molecule has 1 amide bonds. The summed E-state index contributed by atoms with van der Waals surface area (Å²) in [6, 6.07) is -1.19. The van der Waals surface area contributed by atoms with E-state index in [1.165, 1.54) is 205 Å². The Morgan fingerprint density at radius 1 is 0.473 bits per heavy atom. The van der Waals surface area contributed by atoms with Crippen LogP contribution < -0.4 is 5.32 Å². The molecule has 0 saturated carbocycles. The van der Waals surface area contributed by atoms with Crippen molar-refractivity contribution in [1.82, 2.24) is 5.32 Å². The van der Waals surface area contributed by atoms with E-state index in [9.17, 15) is 40.5 Å². The summed E-state index contributed by atoms with van der Waals surface area (Å²) in [4.78, 5) is 13.1. The smallest absolute Gasteiger partial charge is 0.249 e. The summed E-state index contributed by atoms with van der Waals surface area (Å²) in [7, 11) is 0. The van der Waals surface area contributed by atoms with Gasteiger partial charge in [0.15, 0.2) is 6.29 Å². The standard InChI is InChI=1S/C63H119NO10/c1-3-5-7-9-11-13-14-15-16-17-18-19-20-21-22-23-24-25-26-27-28-29-30-31-32-33-34-35-36-37-38-39-40-41-43-45-47-49-51-56(67)62(72)64-54(53-73-63-61(71)60(70)59(69)57(52-65)74-63)58(68)55(66)50-48-46-44-42-12-10-8-6-4-2/h6,8,27-28,42,44,54-61,63,65-71H,3-5,7,9-26,29-41,43,45-53H2,1-2H3,(H,64,72)/b8-6+,28-27-,44-42+. The Labute approximate surface area is 454 Å². The number of aliphatic hydroxyl groups is 7. The van der Waals surface area contributed by atoms with E-state index in [0.29, 0.717) is 19.3 Å². The minimum absolute atomic E-state index is 0.245. The number of carbonyl (C=O) groups excluding carboxylic acids is 1. The Bertz CT molecular complexity index is 1300. The van der Waals surface area contributed by atoms with Gasteiger partial charge in [-0.15, -0.1) is 0 Å². The molecule has 436 valence electrons. The van der Waals surface area contributed by atoms with E-state index in [1.54, 1.807) is 0 Å². The maximum Gasteiger partial charge on any atom is 0.249 e. The average Bonchev–Trinajstić information content (AvgIpc) is 3.40. The number of rotatable bonds is 54. The number of ether oxygens (including phenoxy) is 2.